The largest absolute Gasteiger partial charge is 0.476 e. The number of imidazole rings is 1. The fourth-order valence-corrected chi connectivity index (χ4v) is 6.25. The fraction of sp³-hybridized carbons (Fsp3) is 0.522. The standard InChI is InChI=1S/C23H30N6O3S/c30-33(31,29-11-4-5-12-29)15-18-9-6-10-19(13-18)26-23-27-21-20(24-16-25-21)22(28-23)32-14-17-7-2-1-3-8-17/h6,9-10,13,16-17H,1-5,7-8,11-12,14-15H2,(H2,24,25,26,27,28). The van der Waals surface area contributed by atoms with Crippen molar-refractivity contribution < 1.29 is 13.2 Å². The summed E-state index contributed by atoms with van der Waals surface area (Å²) in [7, 11) is -3.31. The second-order valence-electron chi connectivity index (χ2n) is 8.96. The van der Waals surface area contributed by atoms with Crippen LogP contribution in [0.25, 0.3) is 11.2 Å². The predicted octanol–water partition coefficient (Wildman–Crippen LogP) is 3.98. The molecule has 2 N–H and O–H groups in total. The monoisotopic (exact) mass is 470 g/mol. The Hall–Kier alpha value is -2.72. The molecule has 1 aliphatic carbocycles. The van der Waals surface area contributed by atoms with E-state index in [9.17, 15) is 8.42 Å². The van der Waals surface area contributed by atoms with Crippen LogP contribution in [-0.4, -0.2) is 52.4 Å². The highest BCUT2D eigenvalue weighted by atomic mass is 32.2. The van der Waals surface area contributed by atoms with Gasteiger partial charge < -0.3 is 15.0 Å². The van der Waals surface area contributed by atoms with E-state index in [0.717, 1.165) is 24.1 Å². The van der Waals surface area contributed by atoms with Gasteiger partial charge in [0.15, 0.2) is 5.65 Å². The van der Waals surface area contributed by atoms with Gasteiger partial charge in [0.05, 0.1) is 18.7 Å². The molecule has 0 unspecified atom stereocenters. The minimum Gasteiger partial charge on any atom is -0.476 e. The minimum atomic E-state index is -3.31. The smallest absolute Gasteiger partial charge is 0.245 e. The summed E-state index contributed by atoms with van der Waals surface area (Å²) in [4.78, 5) is 16.4. The van der Waals surface area contributed by atoms with Gasteiger partial charge in [-0.25, -0.2) is 17.7 Å². The van der Waals surface area contributed by atoms with Crippen molar-refractivity contribution in [1.82, 2.24) is 24.2 Å². The molecule has 0 radical (unpaired) electrons. The molecule has 1 aromatic carbocycles. The van der Waals surface area contributed by atoms with Crippen molar-refractivity contribution in [3.05, 3.63) is 36.2 Å². The Morgan fingerprint density at radius 1 is 1.09 bits per heavy atom. The number of H-pyrrole nitrogens is 1. The van der Waals surface area contributed by atoms with Crippen LogP contribution in [0.4, 0.5) is 11.6 Å². The van der Waals surface area contributed by atoms with Crippen LogP contribution < -0.4 is 10.1 Å². The molecule has 33 heavy (non-hydrogen) atoms. The molecule has 5 rings (SSSR count). The Kier molecular flexibility index (Phi) is 6.45. The zero-order chi connectivity index (χ0) is 22.7. The zero-order valence-electron chi connectivity index (χ0n) is 18.7. The number of sulfonamides is 1. The van der Waals surface area contributed by atoms with E-state index < -0.39 is 10.0 Å². The predicted molar refractivity (Wildman–Crippen MR) is 127 cm³/mol. The van der Waals surface area contributed by atoms with Crippen LogP contribution in [0.3, 0.4) is 0 Å². The number of anilines is 2. The van der Waals surface area contributed by atoms with Gasteiger partial charge in [-0.1, -0.05) is 31.4 Å². The molecular formula is C23H30N6O3S. The Morgan fingerprint density at radius 3 is 2.73 bits per heavy atom. The first-order valence-corrected chi connectivity index (χ1v) is 13.4. The maximum Gasteiger partial charge on any atom is 0.245 e. The summed E-state index contributed by atoms with van der Waals surface area (Å²) in [5.74, 6) is 1.39. The van der Waals surface area contributed by atoms with Crippen LogP contribution in [0.5, 0.6) is 5.88 Å². The number of aromatic nitrogens is 4. The Bertz CT molecular complexity index is 1200. The van der Waals surface area contributed by atoms with Crippen LogP contribution in [0.2, 0.25) is 0 Å². The van der Waals surface area contributed by atoms with Crippen molar-refractivity contribution in [1.29, 1.82) is 0 Å². The summed E-state index contributed by atoms with van der Waals surface area (Å²) >= 11 is 0. The third-order valence-electron chi connectivity index (χ3n) is 6.42. The first-order valence-electron chi connectivity index (χ1n) is 11.7. The number of fused-ring (bicyclic) bond motifs is 1. The van der Waals surface area contributed by atoms with E-state index in [2.05, 4.69) is 25.3 Å². The first kappa shape index (κ1) is 22.1. The fourth-order valence-electron chi connectivity index (χ4n) is 4.65. The van der Waals surface area contributed by atoms with Gasteiger partial charge in [0.1, 0.15) is 5.52 Å². The SMILES string of the molecule is O=S(=O)(Cc1cccc(Nc2nc(OCC3CCCCC3)c3[nH]cnc3n2)c1)N1CCCC1. The molecule has 3 heterocycles. The lowest BCUT2D eigenvalue weighted by Gasteiger charge is -2.21. The lowest BCUT2D eigenvalue weighted by Crippen LogP contribution is -2.29. The Morgan fingerprint density at radius 2 is 1.91 bits per heavy atom. The van der Waals surface area contributed by atoms with Crippen molar-refractivity contribution in [2.24, 2.45) is 5.92 Å². The van der Waals surface area contributed by atoms with E-state index in [1.54, 1.807) is 10.6 Å². The third-order valence-corrected chi connectivity index (χ3v) is 8.27. The zero-order valence-corrected chi connectivity index (χ0v) is 19.5. The quantitative estimate of drug-likeness (QED) is 0.512. The molecule has 9 nitrogen and oxygen atoms in total. The molecule has 0 amide bonds. The van der Waals surface area contributed by atoms with E-state index >= 15 is 0 Å². The summed E-state index contributed by atoms with van der Waals surface area (Å²) in [6.45, 7) is 1.86. The second kappa shape index (κ2) is 9.64. The number of rotatable bonds is 8. The molecule has 10 heteroatoms. The van der Waals surface area contributed by atoms with Gasteiger partial charge in [-0.15, -0.1) is 0 Å². The maximum absolute atomic E-state index is 12.7. The van der Waals surface area contributed by atoms with Crippen LogP contribution in [-0.2, 0) is 15.8 Å². The average molecular weight is 471 g/mol. The van der Waals surface area contributed by atoms with E-state index in [4.69, 9.17) is 4.74 Å². The van der Waals surface area contributed by atoms with Crippen LogP contribution in [0, 0.1) is 5.92 Å². The summed E-state index contributed by atoms with van der Waals surface area (Å²) < 4.78 is 33.1. The maximum atomic E-state index is 12.7. The summed E-state index contributed by atoms with van der Waals surface area (Å²) in [6, 6.07) is 7.36. The average Bonchev–Trinajstić information content (AvgIpc) is 3.51. The lowest BCUT2D eigenvalue weighted by atomic mass is 9.90. The molecule has 1 aliphatic heterocycles. The van der Waals surface area contributed by atoms with Gasteiger partial charge in [-0.3, -0.25) is 0 Å². The van der Waals surface area contributed by atoms with Gasteiger partial charge in [-0.2, -0.15) is 9.97 Å². The second-order valence-corrected chi connectivity index (χ2v) is 10.9. The van der Waals surface area contributed by atoms with Crippen molar-refractivity contribution in [2.45, 2.75) is 50.7 Å². The van der Waals surface area contributed by atoms with Gasteiger partial charge in [-0.05, 0) is 49.3 Å². The van der Waals surface area contributed by atoms with Crippen molar-refractivity contribution in [3.63, 3.8) is 0 Å². The number of hydrogen-bond donors (Lipinski definition) is 2. The molecule has 0 atom stereocenters. The van der Waals surface area contributed by atoms with Gasteiger partial charge >= 0.3 is 0 Å². The van der Waals surface area contributed by atoms with E-state index in [-0.39, 0.29) is 5.75 Å². The molecule has 0 spiro atoms. The highest BCUT2D eigenvalue weighted by Gasteiger charge is 2.25. The van der Waals surface area contributed by atoms with Gasteiger partial charge in [0.2, 0.25) is 21.9 Å². The number of hydrogen-bond acceptors (Lipinski definition) is 7. The van der Waals surface area contributed by atoms with E-state index in [1.165, 1.54) is 32.1 Å². The highest BCUT2D eigenvalue weighted by Crippen LogP contribution is 2.27. The molecular weight excluding hydrogens is 440 g/mol. The molecule has 3 aromatic rings. The molecule has 176 valence electrons. The Labute approximate surface area is 194 Å². The normalized spacial score (nSPS) is 18.1. The molecule has 2 fully saturated rings. The van der Waals surface area contributed by atoms with Crippen molar-refractivity contribution in [3.8, 4) is 5.88 Å². The topological polar surface area (TPSA) is 113 Å². The number of aromatic amines is 1. The van der Waals surface area contributed by atoms with Crippen LogP contribution >= 0.6 is 0 Å². The molecule has 1 saturated heterocycles. The third kappa shape index (κ3) is 5.27. The van der Waals surface area contributed by atoms with Crippen molar-refractivity contribution in [2.75, 3.05) is 25.0 Å². The summed E-state index contributed by atoms with van der Waals surface area (Å²) in [6.07, 6.45) is 9.65. The highest BCUT2D eigenvalue weighted by molar-refractivity contribution is 7.88. The van der Waals surface area contributed by atoms with E-state index in [1.807, 2.05) is 24.3 Å². The number of nitrogens with one attached hydrogen (secondary N) is 2. The minimum absolute atomic E-state index is 0.0163. The number of benzene rings is 1. The van der Waals surface area contributed by atoms with E-state index in [0.29, 0.717) is 48.6 Å². The number of ether oxygens (including phenoxy) is 1. The molecule has 2 aliphatic rings. The van der Waals surface area contributed by atoms with Crippen LogP contribution in [0.15, 0.2) is 30.6 Å². The van der Waals surface area contributed by atoms with Gasteiger partial charge in [0.25, 0.3) is 0 Å². The lowest BCUT2D eigenvalue weighted by molar-refractivity contribution is 0.205. The Balaban J connectivity index is 1.32. The summed E-state index contributed by atoms with van der Waals surface area (Å²) in [5, 5.41) is 3.20. The van der Waals surface area contributed by atoms with Crippen LogP contribution in [0.1, 0.15) is 50.5 Å². The van der Waals surface area contributed by atoms with Gasteiger partial charge in [0, 0.05) is 18.8 Å². The first-order chi connectivity index (χ1) is 16.1. The molecule has 0 bridgehead atoms. The van der Waals surface area contributed by atoms with Crippen molar-refractivity contribution >= 4 is 32.8 Å². The number of nitrogens with zero attached hydrogens (tertiary/aromatic N) is 4. The molecule has 1 saturated carbocycles. The molecule has 2 aromatic heterocycles. The summed E-state index contributed by atoms with van der Waals surface area (Å²) in [5.41, 5.74) is 2.65.